The van der Waals surface area contributed by atoms with Gasteiger partial charge in [0.25, 0.3) is 5.69 Å². The number of amides is 1. The lowest BCUT2D eigenvalue weighted by Gasteiger charge is -2.06. The van der Waals surface area contributed by atoms with Crippen LogP contribution in [0.4, 0.5) is 11.4 Å². The first kappa shape index (κ1) is 20.3. The van der Waals surface area contributed by atoms with E-state index in [1.165, 1.54) is 28.3 Å². The first-order valence-electron chi connectivity index (χ1n) is 9.08. The summed E-state index contributed by atoms with van der Waals surface area (Å²) in [5.74, 6) is -0.494. The molecule has 0 aliphatic carbocycles. The third-order valence-electron chi connectivity index (χ3n) is 4.68. The van der Waals surface area contributed by atoms with Crippen LogP contribution in [0.3, 0.4) is 0 Å². The highest BCUT2D eigenvalue weighted by Crippen LogP contribution is 2.30. The molecular weight excluding hydrogens is 422 g/mol. The van der Waals surface area contributed by atoms with E-state index >= 15 is 0 Å². The minimum absolute atomic E-state index is 0.0204. The molecule has 2 aromatic heterocycles. The number of aryl methyl sites for hydroxylation is 2. The number of imidazole rings is 1. The van der Waals surface area contributed by atoms with Gasteiger partial charge in [0.05, 0.1) is 27.4 Å². The summed E-state index contributed by atoms with van der Waals surface area (Å²) in [7, 11) is 3.09. The number of carbonyl (C=O) groups is 1. The predicted octanol–water partition coefficient (Wildman–Crippen LogP) is 2.10. The maximum Gasteiger partial charge on any atom is 0.328 e. The van der Waals surface area contributed by atoms with Crippen LogP contribution in [-0.4, -0.2) is 40.5 Å². The number of fused-ring (bicyclic) bond motifs is 1. The number of nitro benzene ring substituents is 1. The molecular formula is C19H17N7O4S. The number of hydrogen-bond donors (Lipinski definition) is 1. The van der Waals surface area contributed by atoms with Gasteiger partial charge in [0.2, 0.25) is 11.1 Å². The zero-order valence-corrected chi connectivity index (χ0v) is 17.4. The van der Waals surface area contributed by atoms with Gasteiger partial charge in [-0.05, 0) is 18.2 Å². The van der Waals surface area contributed by atoms with Crippen LogP contribution in [0.2, 0.25) is 0 Å². The molecule has 0 atom stereocenters. The van der Waals surface area contributed by atoms with Gasteiger partial charge >= 0.3 is 5.69 Å². The monoisotopic (exact) mass is 439 g/mol. The van der Waals surface area contributed by atoms with Gasteiger partial charge in [-0.2, -0.15) is 0 Å². The average Bonchev–Trinajstić information content (AvgIpc) is 3.32. The Morgan fingerprint density at radius 1 is 1.16 bits per heavy atom. The Morgan fingerprint density at radius 3 is 2.52 bits per heavy atom. The highest BCUT2D eigenvalue weighted by atomic mass is 32.2. The first-order valence-corrected chi connectivity index (χ1v) is 10.1. The van der Waals surface area contributed by atoms with Crippen molar-refractivity contribution in [3.63, 3.8) is 0 Å². The van der Waals surface area contributed by atoms with Gasteiger partial charge in [0.15, 0.2) is 0 Å². The second kappa shape index (κ2) is 8.07. The number of carbonyl (C=O) groups excluding carboxylic acids is 1. The molecule has 11 nitrogen and oxygen atoms in total. The minimum atomic E-state index is -0.594. The van der Waals surface area contributed by atoms with Crippen LogP contribution in [0.1, 0.15) is 0 Å². The van der Waals surface area contributed by atoms with E-state index < -0.39 is 10.8 Å². The highest BCUT2D eigenvalue weighted by molar-refractivity contribution is 7.99. The van der Waals surface area contributed by atoms with Gasteiger partial charge in [-0.1, -0.05) is 30.0 Å². The van der Waals surface area contributed by atoms with Crippen molar-refractivity contribution in [2.75, 3.05) is 11.1 Å². The van der Waals surface area contributed by atoms with Crippen LogP contribution < -0.4 is 11.0 Å². The van der Waals surface area contributed by atoms with Crippen LogP contribution in [0.25, 0.3) is 16.7 Å². The molecule has 12 heteroatoms. The number of nitro groups is 1. The Morgan fingerprint density at radius 2 is 1.84 bits per heavy atom. The second-order valence-electron chi connectivity index (χ2n) is 6.66. The number of hydrogen-bond acceptors (Lipinski definition) is 7. The van der Waals surface area contributed by atoms with E-state index in [2.05, 4.69) is 15.4 Å². The van der Waals surface area contributed by atoms with Crippen molar-refractivity contribution in [2.24, 2.45) is 14.1 Å². The Balaban J connectivity index is 1.51. The topological polar surface area (TPSA) is 130 Å². The Bertz CT molecular complexity index is 1360. The fourth-order valence-electron chi connectivity index (χ4n) is 3.12. The zero-order chi connectivity index (χ0) is 22.1. The van der Waals surface area contributed by atoms with Gasteiger partial charge in [0, 0.05) is 20.2 Å². The standard InChI is InChI=1S/C19H17N7O4S/c1-23-15-8-13(14(26(29)30)9-16(15)24(2)19(23)28)21-17(27)10-31-18-20-11-25(22-18)12-6-4-3-5-7-12/h3-9,11H,10H2,1-2H3,(H,21,27). The van der Waals surface area contributed by atoms with Crippen molar-refractivity contribution >= 4 is 40.1 Å². The van der Waals surface area contributed by atoms with E-state index in [9.17, 15) is 19.7 Å². The largest absolute Gasteiger partial charge is 0.328 e. The fourth-order valence-corrected chi connectivity index (χ4v) is 3.72. The van der Waals surface area contributed by atoms with E-state index in [0.29, 0.717) is 16.2 Å². The van der Waals surface area contributed by atoms with Gasteiger partial charge in [-0.15, -0.1) is 5.10 Å². The number of para-hydroxylation sites is 1. The molecule has 4 rings (SSSR count). The highest BCUT2D eigenvalue weighted by Gasteiger charge is 2.21. The normalized spacial score (nSPS) is 11.0. The van der Waals surface area contributed by atoms with E-state index in [4.69, 9.17) is 0 Å². The Labute approximate surface area is 179 Å². The molecule has 0 spiro atoms. The smallest absolute Gasteiger partial charge is 0.320 e. The summed E-state index contributed by atoms with van der Waals surface area (Å²) >= 11 is 1.11. The summed E-state index contributed by atoms with van der Waals surface area (Å²) < 4.78 is 4.27. The maximum absolute atomic E-state index is 12.4. The molecule has 0 aliphatic rings. The summed E-state index contributed by atoms with van der Waals surface area (Å²) in [6.07, 6.45) is 1.55. The quantitative estimate of drug-likeness (QED) is 0.277. The number of benzene rings is 2. The Hall–Kier alpha value is -3.93. The summed E-state index contributed by atoms with van der Waals surface area (Å²) in [5.41, 5.74) is 1.13. The average molecular weight is 439 g/mol. The van der Waals surface area contributed by atoms with E-state index in [1.54, 1.807) is 18.1 Å². The van der Waals surface area contributed by atoms with Crippen LogP contribution in [-0.2, 0) is 18.9 Å². The molecule has 158 valence electrons. The predicted molar refractivity (Wildman–Crippen MR) is 116 cm³/mol. The lowest BCUT2D eigenvalue weighted by Crippen LogP contribution is -2.19. The molecule has 2 heterocycles. The van der Waals surface area contributed by atoms with E-state index in [0.717, 1.165) is 17.4 Å². The number of aromatic nitrogens is 5. The van der Waals surface area contributed by atoms with Crippen molar-refractivity contribution < 1.29 is 9.72 Å². The second-order valence-corrected chi connectivity index (χ2v) is 7.60. The van der Waals surface area contributed by atoms with E-state index in [-0.39, 0.29) is 22.8 Å². The Kier molecular flexibility index (Phi) is 5.29. The number of rotatable bonds is 6. The summed E-state index contributed by atoms with van der Waals surface area (Å²) in [6, 6.07) is 12.1. The number of nitrogens with zero attached hydrogens (tertiary/aromatic N) is 6. The molecule has 0 fully saturated rings. The van der Waals surface area contributed by atoms with Crippen LogP contribution >= 0.6 is 11.8 Å². The van der Waals surface area contributed by atoms with Crippen molar-refractivity contribution in [1.82, 2.24) is 23.9 Å². The molecule has 0 saturated carbocycles. The van der Waals surface area contributed by atoms with Crippen molar-refractivity contribution in [1.29, 1.82) is 0 Å². The fraction of sp³-hybridized carbons (Fsp3) is 0.158. The molecule has 0 saturated heterocycles. The zero-order valence-electron chi connectivity index (χ0n) is 16.6. The molecule has 4 aromatic rings. The van der Waals surface area contributed by atoms with Gasteiger partial charge in [-0.3, -0.25) is 24.0 Å². The number of nitrogens with one attached hydrogen (secondary N) is 1. The summed E-state index contributed by atoms with van der Waals surface area (Å²) in [5, 5.41) is 18.8. The van der Waals surface area contributed by atoms with Crippen molar-refractivity contribution in [2.45, 2.75) is 5.16 Å². The first-order chi connectivity index (χ1) is 14.8. The number of anilines is 1. The lowest BCUT2D eigenvalue weighted by molar-refractivity contribution is -0.383. The third-order valence-corrected chi connectivity index (χ3v) is 5.54. The molecule has 0 aliphatic heterocycles. The molecule has 2 aromatic carbocycles. The molecule has 0 bridgehead atoms. The molecule has 1 amide bonds. The van der Waals surface area contributed by atoms with Gasteiger partial charge < -0.3 is 5.32 Å². The third kappa shape index (κ3) is 3.92. The van der Waals surface area contributed by atoms with Crippen molar-refractivity contribution in [3.05, 3.63) is 69.4 Å². The molecule has 31 heavy (non-hydrogen) atoms. The van der Waals surface area contributed by atoms with Crippen LogP contribution in [0.15, 0.2) is 58.7 Å². The minimum Gasteiger partial charge on any atom is -0.320 e. The summed E-state index contributed by atoms with van der Waals surface area (Å²) in [4.78, 5) is 39.6. The van der Waals surface area contributed by atoms with E-state index in [1.807, 2.05) is 30.3 Å². The molecule has 0 unspecified atom stereocenters. The number of thioether (sulfide) groups is 1. The van der Waals surface area contributed by atoms with Gasteiger partial charge in [0.1, 0.15) is 12.0 Å². The summed E-state index contributed by atoms with van der Waals surface area (Å²) in [6.45, 7) is 0. The van der Waals surface area contributed by atoms with Crippen LogP contribution in [0, 0.1) is 10.1 Å². The van der Waals surface area contributed by atoms with Gasteiger partial charge in [-0.25, -0.2) is 14.5 Å². The molecule has 0 radical (unpaired) electrons. The lowest BCUT2D eigenvalue weighted by atomic mass is 10.2. The van der Waals surface area contributed by atoms with Crippen molar-refractivity contribution in [3.8, 4) is 5.69 Å². The molecule has 1 N–H and O–H groups in total. The SMILES string of the molecule is Cn1c(=O)n(C)c2cc([N+](=O)[O-])c(NC(=O)CSc3ncn(-c4ccccc4)n3)cc21. The van der Waals surface area contributed by atoms with Crippen LogP contribution in [0.5, 0.6) is 0 Å². The maximum atomic E-state index is 12.4.